The van der Waals surface area contributed by atoms with Crippen LogP contribution in [0.3, 0.4) is 0 Å². The fraction of sp³-hybridized carbons (Fsp3) is 0.875. The molecule has 1 amide bonds. The second kappa shape index (κ2) is 2.21. The van der Waals surface area contributed by atoms with Gasteiger partial charge in [0.15, 0.2) is 0 Å². The Morgan fingerprint density at radius 2 is 2.09 bits per heavy atom. The van der Waals surface area contributed by atoms with Gasteiger partial charge in [-0.15, -0.1) is 0 Å². The van der Waals surface area contributed by atoms with E-state index in [9.17, 15) is 4.79 Å². The summed E-state index contributed by atoms with van der Waals surface area (Å²) in [5.74, 6) is 0.315. The Morgan fingerprint density at radius 1 is 1.36 bits per heavy atom. The quantitative estimate of drug-likeness (QED) is 0.487. The van der Waals surface area contributed by atoms with Gasteiger partial charge >= 0.3 is 0 Å². The third-order valence-electron chi connectivity index (χ3n) is 2.98. The molecule has 0 spiro atoms. The van der Waals surface area contributed by atoms with Crippen molar-refractivity contribution in [2.45, 2.75) is 24.9 Å². The van der Waals surface area contributed by atoms with Crippen LogP contribution in [0.2, 0.25) is 0 Å². The summed E-state index contributed by atoms with van der Waals surface area (Å²) in [7, 11) is 3.97. The number of rotatable bonds is 0. The van der Waals surface area contributed by atoms with Gasteiger partial charge in [0.25, 0.3) is 0 Å². The molecule has 3 heterocycles. The lowest BCUT2D eigenvalue weighted by Gasteiger charge is -2.47. The average Bonchev–Trinajstić information content (AvgIpc) is 1.99. The molecule has 3 aliphatic heterocycles. The summed E-state index contributed by atoms with van der Waals surface area (Å²) in [5, 5.41) is 0. The normalized spacial score (nSPS) is 38.4. The topological polar surface area (TPSA) is 23.6 Å². The van der Waals surface area contributed by atoms with Gasteiger partial charge in [-0.25, -0.2) is 0 Å². The van der Waals surface area contributed by atoms with Gasteiger partial charge in [-0.2, -0.15) is 0 Å². The molecule has 0 aromatic heterocycles. The molecular formula is C8H14N2O. The monoisotopic (exact) mass is 154 g/mol. The molecule has 3 aliphatic rings. The Balaban J connectivity index is 2.23. The SMILES string of the molecule is CN1CC2CCC1C(=O)N2C. The molecule has 0 saturated carbocycles. The predicted molar refractivity (Wildman–Crippen MR) is 42.2 cm³/mol. The van der Waals surface area contributed by atoms with E-state index in [0.29, 0.717) is 11.9 Å². The lowest BCUT2D eigenvalue weighted by Crippen LogP contribution is -2.63. The number of piperidine rings is 2. The van der Waals surface area contributed by atoms with Crippen LogP contribution < -0.4 is 0 Å². The van der Waals surface area contributed by atoms with Crippen molar-refractivity contribution in [1.82, 2.24) is 9.80 Å². The third kappa shape index (κ3) is 0.872. The number of hydrogen-bond donors (Lipinski definition) is 0. The van der Waals surface area contributed by atoms with Crippen molar-refractivity contribution in [3.8, 4) is 0 Å². The van der Waals surface area contributed by atoms with Crippen LogP contribution in [-0.4, -0.2) is 48.4 Å². The Labute approximate surface area is 67.0 Å². The van der Waals surface area contributed by atoms with E-state index in [2.05, 4.69) is 4.90 Å². The summed E-state index contributed by atoms with van der Waals surface area (Å²) in [6.45, 7) is 1.06. The first-order valence-corrected chi connectivity index (χ1v) is 4.17. The van der Waals surface area contributed by atoms with Gasteiger partial charge in [0.2, 0.25) is 5.91 Å². The van der Waals surface area contributed by atoms with E-state index in [0.717, 1.165) is 13.0 Å². The standard InChI is InChI=1S/C8H14N2O/c1-9-5-6-3-4-7(9)8(11)10(6)2/h6-7H,3-5H2,1-2H3. The highest BCUT2D eigenvalue weighted by atomic mass is 16.2. The highest BCUT2D eigenvalue weighted by Crippen LogP contribution is 2.26. The smallest absolute Gasteiger partial charge is 0.239 e. The van der Waals surface area contributed by atoms with Crippen molar-refractivity contribution < 1.29 is 4.79 Å². The maximum atomic E-state index is 11.5. The molecule has 2 atom stereocenters. The van der Waals surface area contributed by atoms with Gasteiger partial charge in [0, 0.05) is 19.6 Å². The summed E-state index contributed by atoms with van der Waals surface area (Å²) in [6.07, 6.45) is 2.25. The summed E-state index contributed by atoms with van der Waals surface area (Å²) in [5.41, 5.74) is 0. The summed E-state index contributed by atoms with van der Waals surface area (Å²) >= 11 is 0. The van der Waals surface area contributed by atoms with Gasteiger partial charge in [-0.05, 0) is 19.9 Å². The van der Waals surface area contributed by atoms with Crippen molar-refractivity contribution in [3.05, 3.63) is 0 Å². The van der Waals surface area contributed by atoms with Crippen molar-refractivity contribution in [2.75, 3.05) is 20.6 Å². The van der Waals surface area contributed by atoms with E-state index in [4.69, 9.17) is 0 Å². The molecule has 62 valence electrons. The number of carbonyl (C=O) groups is 1. The Morgan fingerprint density at radius 3 is 2.55 bits per heavy atom. The predicted octanol–water partition coefficient (Wildman–Crippen LogP) is -0.0788. The zero-order chi connectivity index (χ0) is 8.01. The molecule has 3 fully saturated rings. The molecule has 0 aromatic rings. The fourth-order valence-corrected chi connectivity index (χ4v) is 2.16. The van der Waals surface area contributed by atoms with Gasteiger partial charge in [0.05, 0.1) is 6.04 Å². The third-order valence-corrected chi connectivity index (χ3v) is 2.98. The molecule has 0 radical (unpaired) electrons. The highest BCUT2D eigenvalue weighted by molar-refractivity contribution is 5.83. The van der Waals surface area contributed by atoms with Gasteiger partial charge in [0.1, 0.15) is 0 Å². The lowest BCUT2D eigenvalue weighted by atomic mass is 9.91. The molecule has 3 saturated heterocycles. The highest BCUT2D eigenvalue weighted by Gasteiger charge is 2.41. The minimum atomic E-state index is 0.185. The molecule has 11 heavy (non-hydrogen) atoms. The molecule has 0 N–H and O–H groups in total. The second-order valence-electron chi connectivity index (χ2n) is 3.64. The van der Waals surface area contributed by atoms with E-state index >= 15 is 0 Å². The molecule has 2 unspecified atom stereocenters. The largest absolute Gasteiger partial charge is 0.340 e. The van der Waals surface area contributed by atoms with E-state index in [1.807, 2.05) is 19.0 Å². The second-order valence-corrected chi connectivity index (χ2v) is 3.64. The van der Waals surface area contributed by atoms with Crippen molar-refractivity contribution in [1.29, 1.82) is 0 Å². The minimum absolute atomic E-state index is 0.185. The zero-order valence-corrected chi connectivity index (χ0v) is 7.08. The Kier molecular flexibility index (Phi) is 1.42. The first kappa shape index (κ1) is 7.10. The molecule has 3 rings (SSSR count). The number of fused-ring (bicyclic) bond motifs is 3. The number of hydrogen-bond acceptors (Lipinski definition) is 2. The first-order chi connectivity index (χ1) is 5.20. The minimum Gasteiger partial charge on any atom is -0.340 e. The number of amides is 1. The van der Waals surface area contributed by atoms with Crippen LogP contribution >= 0.6 is 0 Å². The number of carbonyl (C=O) groups excluding carboxylic acids is 1. The van der Waals surface area contributed by atoms with Crippen LogP contribution in [-0.2, 0) is 4.79 Å². The number of likely N-dealkylation sites (N-methyl/N-ethyl adjacent to an activating group) is 2. The zero-order valence-electron chi connectivity index (χ0n) is 7.08. The van der Waals surface area contributed by atoms with Crippen LogP contribution in [0.4, 0.5) is 0 Å². The molecule has 0 aromatic carbocycles. The maximum absolute atomic E-state index is 11.5. The fourth-order valence-electron chi connectivity index (χ4n) is 2.16. The van der Waals surface area contributed by atoms with E-state index in [1.54, 1.807) is 0 Å². The van der Waals surface area contributed by atoms with Crippen molar-refractivity contribution in [2.24, 2.45) is 0 Å². The summed E-state index contributed by atoms with van der Waals surface area (Å²) in [4.78, 5) is 15.6. The average molecular weight is 154 g/mol. The Hall–Kier alpha value is -0.570. The van der Waals surface area contributed by atoms with Gasteiger partial charge in [-0.1, -0.05) is 0 Å². The Bertz CT molecular complexity index is 193. The molecule has 3 heteroatoms. The molecule has 3 nitrogen and oxygen atoms in total. The van der Waals surface area contributed by atoms with Crippen molar-refractivity contribution in [3.63, 3.8) is 0 Å². The first-order valence-electron chi connectivity index (χ1n) is 4.17. The molecule has 0 aliphatic carbocycles. The van der Waals surface area contributed by atoms with Gasteiger partial charge in [-0.3, -0.25) is 9.69 Å². The van der Waals surface area contributed by atoms with Crippen LogP contribution in [0.25, 0.3) is 0 Å². The number of piperazine rings is 1. The van der Waals surface area contributed by atoms with E-state index in [-0.39, 0.29) is 6.04 Å². The molecular weight excluding hydrogens is 140 g/mol. The molecule has 2 bridgehead atoms. The van der Waals surface area contributed by atoms with Crippen LogP contribution in [0.15, 0.2) is 0 Å². The van der Waals surface area contributed by atoms with Crippen LogP contribution in [0, 0.1) is 0 Å². The summed E-state index contributed by atoms with van der Waals surface area (Å²) < 4.78 is 0. The lowest BCUT2D eigenvalue weighted by molar-refractivity contribution is -0.148. The van der Waals surface area contributed by atoms with E-state index in [1.165, 1.54) is 6.42 Å². The van der Waals surface area contributed by atoms with E-state index < -0.39 is 0 Å². The van der Waals surface area contributed by atoms with Gasteiger partial charge < -0.3 is 4.90 Å². The van der Waals surface area contributed by atoms with Crippen molar-refractivity contribution >= 4 is 5.91 Å². The summed E-state index contributed by atoms with van der Waals surface area (Å²) in [6, 6.07) is 0.669. The van der Waals surface area contributed by atoms with Crippen LogP contribution in [0.1, 0.15) is 12.8 Å². The maximum Gasteiger partial charge on any atom is 0.239 e. The van der Waals surface area contributed by atoms with Crippen LogP contribution in [0.5, 0.6) is 0 Å². The number of nitrogens with zero attached hydrogens (tertiary/aromatic N) is 2.